The highest BCUT2D eigenvalue weighted by Gasteiger charge is 2.18. The fraction of sp³-hybridized carbons (Fsp3) is 0.250. The first-order valence-corrected chi connectivity index (χ1v) is 11.6. The van der Waals surface area contributed by atoms with Crippen LogP contribution >= 0.6 is 0 Å². The van der Waals surface area contributed by atoms with Gasteiger partial charge in [0.15, 0.2) is 0 Å². The van der Waals surface area contributed by atoms with Crippen LogP contribution in [-0.2, 0) is 0 Å². The van der Waals surface area contributed by atoms with Crippen LogP contribution in [0.25, 0.3) is 0 Å². The Labute approximate surface area is 196 Å². The molecule has 0 bridgehead atoms. The van der Waals surface area contributed by atoms with E-state index in [9.17, 15) is 0 Å². The Balaban J connectivity index is 2.56. The molecule has 0 saturated carbocycles. The normalized spacial score (nSPS) is 15.3. The molecular weight excluding hydrogens is 384 g/mol. The molecule has 2 rings (SSSR count). The van der Waals surface area contributed by atoms with Gasteiger partial charge in [0.2, 0.25) is 0 Å². The molecule has 0 aliphatic rings. The van der Waals surface area contributed by atoms with Gasteiger partial charge in [-0.2, -0.15) is 0 Å². The first-order chi connectivity index (χ1) is 15.4. The van der Waals surface area contributed by atoms with Crippen molar-refractivity contribution in [1.82, 2.24) is 0 Å². The van der Waals surface area contributed by atoms with Gasteiger partial charge >= 0.3 is 0 Å². The Morgan fingerprint density at radius 2 is 1.34 bits per heavy atom. The first-order valence-electron chi connectivity index (χ1n) is 11.6. The Bertz CT molecular complexity index is 1010. The third-order valence-electron chi connectivity index (χ3n) is 6.19. The van der Waals surface area contributed by atoms with Gasteiger partial charge in [-0.15, -0.1) is 0 Å². The molecule has 0 heteroatoms. The second kappa shape index (κ2) is 12.7. The summed E-state index contributed by atoms with van der Waals surface area (Å²) in [6, 6.07) is 17.8. The lowest BCUT2D eigenvalue weighted by Crippen LogP contribution is -2.05. The molecule has 0 spiro atoms. The minimum Gasteiger partial charge on any atom is -0.0988 e. The van der Waals surface area contributed by atoms with Crippen LogP contribution in [0.1, 0.15) is 74.6 Å². The summed E-state index contributed by atoms with van der Waals surface area (Å²) in [6.45, 7) is 19.3. The average molecular weight is 423 g/mol. The van der Waals surface area contributed by atoms with Crippen molar-refractivity contribution in [1.29, 1.82) is 0 Å². The fourth-order valence-electron chi connectivity index (χ4n) is 3.82. The molecule has 0 fully saturated rings. The van der Waals surface area contributed by atoms with Gasteiger partial charge in [0, 0.05) is 17.8 Å². The molecule has 166 valence electrons. The smallest absolute Gasteiger partial charge is 0.00612 e. The molecule has 0 saturated heterocycles. The summed E-state index contributed by atoms with van der Waals surface area (Å²) in [5.74, 6) is 0.800. The number of allylic oxidation sites excluding steroid dienone is 10. The van der Waals surface area contributed by atoms with E-state index in [-0.39, 0.29) is 11.8 Å². The van der Waals surface area contributed by atoms with Crippen molar-refractivity contribution >= 4 is 0 Å². The van der Waals surface area contributed by atoms with Gasteiger partial charge in [-0.25, -0.2) is 0 Å². The second-order valence-corrected chi connectivity index (χ2v) is 8.37. The highest BCUT2D eigenvalue weighted by molar-refractivity contribution is 5.46. The quantitative estimate of drug-likeness (QED) is 0.334. The zero-order valence-corrected chi connectivity index (χ0v) is 20.4. The first kappa shape index (κ1) is 25.1. The molecule has 0 aliphatic heterocycles. The Hall–Kier alpha value is -3.12. The van der Waals surface area contributed by atoms with Gasteiger partial charge in [0.05, 0.1) is 0 Å². The molecule has 2 aromatic carbocycles. The SMILES string of the molecule is C=C/C(=C\C=C/C)C(C)c1cc(C(C)C(=C)/C=C\C=C/C)cc(C(C)c2ccccc2)c1. The van der Waals surface area contributed by atoms with Crippen LogP contribution in [0.4, 0.5) is 0 Å². The predicted octanol–water partition coefficient (Wildman–Crippen LogP) is 9.42. The lowest BCUT2D eigenvalue weighted by Gasteiger charge is -2.22. The van der Waals surface area contributed by atoms with Crippen molar-refractivity contribution < 1.29 is 0 Å². The van der Waals surface area contributed by atoms with Gasteiger partial charge in [-0.05, 0) is 47.2 Å². The Morgan fingerprint density at radius 3 is 1.94 bits per heavy atom. The van der Waals surface area contributed by atoms with Crippen molar-refractivity contribution in [3.05, 3.63) is 144 Å². The van der Waals surface area contributed by atoms with Crippen LogP contribution in [0.5, 0.6) is 0 Å². The second-order valence-electron chi connectivity index (χ2n) is 8.37. The molecule has 0 heterocycles. The molecule has 32 heavy (non-hydrogen) atoms. The largest absolute Gasteiger partial charge is 0.0988 e. The third-order valence-corrected chi connectivity index (χ3v) is 6.19. The van der Waals surface area contributed by atoms with Gasteiger partial charge in [-0.1, -0.05) is 131 Å². The molecule has 0 N–H and O–H groups in total. The van der Waals surface area contributed by atoms with Crippen molar-refractivity contribution in [3.8, 4) is 0 Å². The topological polar surface area (TPSA) is 0 Å². The van der Waals surface area contributed by atoms with Crippen LogP contribution in [0.2, 0.25) is 0 Å². The van der Waals surface area contributed by atoms with E-state index in [1.165, 1.54) is 27.8 Å². The fourth-order valence-corrected chi connectivity index (χ4v) is 3.82. The summed E-state index contributed by atoms with van der Waals surface area (Å²) in [4.78, 5) is 0. The summed E-state index contributed by atoms with van der Waals surface area (Å²) in [5.41, 5.74) is 7.61. The number of benzene rings is 2. The van der Waals surface area contributed by atoms with Crippen LogP contribution < -0.4 is 0 Å². The van der Waals surface area contributed by atoms with E-state index < -0.39 is 0 Å². The van der Waals surface area contributed by atoms with Crippen LogP contribution in [0, 0.1) is 0 Å². The maximum Gasteiger partial charge on any atom is 0.00612 e. The summed E-state index contributed by atoms with van der Waals surface area (Å²) < 4.78 is 0. The van der Waals surface area contributed by atoms with Gasteiger partial charge < -0.3 is 0 Å². The van der Waals surface area contributed by atoms with Crippen molar-refractivity contribution in [2.75, 3.05) is 0 Å². The molecule has 0 radical (unpaired) electrons. The monoisotopic (exact) mass is 422 g/mol. The van der Waals surface area contributed by atoms with Gasteiger partial charge in [0.25, 0.3) is 0 Å². The highest BCUT2D eigenvalue weighted by Crippen LogP contribution is 2.35. The summed E-state index contributed by atoms with van der Waals surface area (Å²) in [6.07, 6.45) is 16.5. The van der Waals surface area contributed by atoms with E-state index in [1.807, 2.05) is 32.1 Å². The van der Waals surface area contributed by atoms with E-state index in [2.05, 4.69) is 113 Å². The van der Waals surface area contributed by atoms with Crippen LogP contribution in [0.3, 0.4) is 0 Å². The van der Waals surface area contributed by atoms with E-state index in [0.29, 0.717) is 5.92 Å². The minimum atomic E-state index is 0.233. The molecule has 0 aliphatic carbocycles. The molecule has 2 aromatic rings. The minimum absolute atomic E-state index is 0.233. The van der Waals surface area contributed by atoms with E-state index >= 15 is 0 Å². The summed E-state index contributed by atoms with van der Waals surface area (Å²) in [5, 5.41) is 0. The van der Waals surface area contributed by atoms with Gasteiger partial charge in [-0.3, -0.25) is 0 Å². The van der Waals surface area contributed by atoms with Crippen molar-refractivity contribution in [2.45, 2.75) is 52.4 Å². The number of hydrogen-bond donors (Lipinski definition) is 0. The maximum absolute atomic E-state index is 4.34. The zero-order chi connectivity index (χ0) is 23.5. The Morgan fingerprint density at radius 1 is 0.750 bits per heavy atom. The molecule has 3 atom stereocenters. The molecular formula is C32H38. The van der Waals surface area contributed by atoms with Crippen molar-refractivity contribution in [2.24, 2.45) is 0 Å². The average Bonchev–Trinajstić information content (AvgIpc) is 2.83. The van der Waals surface area contributed by atoms with Crippen LogP contribution in [-0.4, -0.2) is 0 Å². The molecule has 3 unspecified atom stereocenters. The predicted molar refractivity (Wildman–Crippen MR) is 143 cm³/mol. The molecule has 0 amide bonds. The molecule has 0 aromatic heterocycles. The van der Waals surface area contributed by atoms with Crippen LogP contribution in [0.15, 0.2) is 121 Å². The Kier molecular flexibility index (Phi) is 9.95. The lowest BCUT2D eigenvalue weighted by molar-refractivity contribution is 0.856. The van der Waals surface area contributed by atoms with Gasteiger partial charge in [0.1, 0.15) is 0 Å². The third kappa shape index (κ3) is 6.69. The van der Waals surface area contributed by atoms with E-state index in [1.54, 1.807) is 0 Å². The molecule has 0 nitrogen and oxygen atoms in total. The standard InChI is InChI=1S/C32H38/c1-8-11-14-17-24(4)25(5)30-21-31(26(6)28(10-3)18-12-9-2)23-32(22-30)27(7)29-19-15-13-16-20-29/h8-23,25-27H,3-4H2,1-2,5-7H3/b11-8-,12-9-,17-14-,28-18+. The number of rotatable bonds is 10. The number of hydrogen-bond acceptors (Lipinski definition) is 0. The lowest BCUT2D eigenvalue weighted by atomic mass is 9.82. The highest BCUT2D eigenvalue weighted by atomic mass is 14.2. The van der Waals surface area contributed by atoms with E-state index in [4.69, 9.17) is 0 Å². The maximum atomic E-state index is 4.34. The summed E-state index contributed by atoms with van der Waals surface area (Å²) in [7, 11) is 0. The van der Waals surface area contributed by atoms with E-state index in [0.717, 1.165) is 5.57 Å². The zero-order valence-electron chi connectivity index (χ0n) is 20.4. The van der Waals surface area contributed by atoms with Crippen molar-refractivity contribution in [3.63, 3.8) is 0 Å². The summed E-state index contributed by atoms with van der Waals surface area (Å²) >= 11 is 0.